The van der Waals surface area contributed by atoms with Crippen LogP contribution in [0.1, 0.15) is 25.5 Å². The first kappa shape index (κ1) is 16.0. The number of β-amino-alcohol motifs (C(OH)–C–C–N with tert-alkyl or cyclic N) is 1. The molecule has 5 heteroatoms. The molecule has 1 saturated heterocycles. The van der Waals surface area contributed by atoms with E-state index in [0.717, 1.165) is 11.2 Å². The molecule has 23 heavy (non-hydrogen) atoms. The number of para-hydroxylation sites is 1. The maximum absolute atomic E-state index is 12.4. The molecule has 0 aliphatic carbocycles. The number of carbonyl (C=O) groups is 1. The quantitative estimate of drug-likeness (QED) is 0.905. The summed E-state index contributed by atoms with van der Waals surface area (Å²) in [5.74, 6) is 0.0248. The fraction of sp³-hybridized carbons (Fsp3) is 0.500. The van der Waals surface area contributed by atoms with Crippen molar-refractivity contribution in [2.75, 3.05) is 13.1 Å². The van der Waals surface area contributed by atoms with Crippen LogP contribution in [0.3, 0.4) is 0 Å². The molecule has 0 saturated carbocycles. The van der Waals surface area contributed by atoms with Gasteiger partial charge in [0.2, 0.25) is 5.91 Å². The molecule has 0 bridgehead atoms. The standard InChI is InChI=1S/C18H24N2O3/c1-13-11-14-5-3-4-6-15(14)20(13)9-7-17(22)19-10-8-18(2,23)16(21)12-19/h3-6,11,16,21,23H,7-10,12H2,1-2H3/t16-,18-/m0/s1. The number of aliphatic hydroxyl groups is 2. The van der Waals surface area contributed by atoms with Crippen molar-refractivity contribution >= 4 is 16.8 Å². The summed E-state index contributed by atoms with van der Waals surface area (Å²) in [7, 11) is 0. The molecule has 2 heterocycles. The first-order valence-electron chi connectivity index (χ1n) is 8.11. The molecule has 1 aromatic heterocycles. The van der Waals surface area contributed by atoms with Gasteiger partial charge in [-0.3, -0.25) is 4.79 Å². The summed E-state index contributed by atoms with van der Waals surface area (Å²) >= 11 is 0. The second-order valence-electron chi connectivity index (χ2n) is 6.71. The Balaban J connectivity index is 1.66. The average Bonchev–Trinajstić information content (AvgIpc) is 2.83. The topological polar surface area (TPSA) is 65.7 Å². The number of aliphatic hydroxyl groups excluding tert-OH is 1. The van der Waals surface area contributed by atoms with E-state index in [1.165, 1.54) is 5.39 Å². The summed E-state index contributed by atoms with van der Waals surface area (Å²) in [5, 5.41) is 21.1. The first-order valence-corrected chi connectivity index (χ1v) is 8.11. The van der Waals surface area contributed by atoms with Crippen molar-refractivity contribution < 1.29 is 15.0 Å². The number of rotatable bonds is 3. The van der Waals surface area contributed by atoms with E-state index >= 15 is 0 Å². The van der Waals surface area contributed by atoms with Gasteiger partial charge >= 0.3 is 0 Å². The fourth-order valence-corrected chi connectivity index (χ4v) is 3.26. The van der Waals surface area contributed by atoms with Gasteiger partial charge in [0.25, 0.3) is 0 Å². The Bertz CT molecular complexity index is 720. The number of aryl methyl sites for hydroxylation is 2. The molecule has 124 valence electrons. The molecule has 1 amide bonds. The normalized spacial score (nSPS) is 25.0. The van der Waals surface area contributed by atoms with Crippen LogP contribution in [0.25, 0.3) is 10.9 Å². The molecule has 1 aliphatic heterocycles. The van der Waals surface area contributed by atoms with Crippen LogP contribution >= 0.6 is 0 Å². The van der Waals surface area contributed by atoms with E-state index in [1.807, 2.05) is 19.1 Å². The Morgan fingerprint density at radius 3 is 2.87 bits per heavy atom. The molecule has 1 aromatic carbocycles. The number of hydrogen-bond donors (Lipinski definition) is 2. The van der Waals surface area contributed by atoms with Crippen molar-refractivity contribution in [3.05, 3.63) is 36.0 Å². The van der Waals surface area contributed by atoms with E-state index in [0.29, 0.717) is 25.9 Å². The van der Waals surface area contributed by atoms with Crippen LogP contribution in [-0.4, -0.2) is 50.4 Å². The van der Waals surface area contributed by atoms with Gasteiger partial charge in [-0.1, -0.05) is 18.2 Å². The van der Waals surface area contributed by atoms with Crippen molar-refractivity contribution in [1.82, 2.24) is 9.47 Å². The maximum Gasteiger partial charge on any atom is 0.224 e. The second-order valence-corrected chi connectivity index (χ2v) is 6.71. The van der Waals surface area contributed by atoms with E-state index in [4.69, 9.17) is 0 Å². The van der Waals surface area contributed by atoms with Crippen molar-refractivity contribution in [2.24, 2.45) is 0 Å². The molecular formula is C18H24N2O3. The third kappa shape index (κ3) is 3.12. The maximum atomic E-state index is 12.4. The van der Waals surface area contributed by atoms with Crippen LogP contribution < -0.4 is 0 Å². The summed E-state index contributed by atoms with van der Waals surface area (Å²) in [4.78, 5) is 14.1. The van der Waals surface area contributed by atoms with Crippen LogP contribution in [0.15, 0.2) is 30.3 Å². The number of amides is 1. The number of aromatic nitrogens is 1. The largest absolute Gasteiger partial charge is 0.388 e. The predicted octanol–water partition coefficient (Wildman–Crippen LogP) is 1.68. The van der Waals surface area contributed by atoms with E-state index < -0.39 is 11.7 Å². The summed E-state index contributed by atoms with van der Waals surface area (Å²) < 4.78 is 2.16. The molecule has 2 aromatic rings. The van der Waals surface area contributed by atoms with Crippen molar-refractivity contribution in [2.45, 2.75) is 44.9 Å². The zero-order valence-corrected chi connectivity index (χ0v) is 13.7. The van der Waals surface area contributed by atoms with Crippen molar-refractivity contribution in [3.8, 4) is 0 Å². The van der Waals surface area contributed by atoms with E-state index in [1.54, 1.807) is 11.8 Å². The van der Waals surface area contributed by atoms with Gasteiger partial charge in [-0.05, 0) is 37.8 Å². The number of piperidine rings is 1. The lowest BCUT2D eigenvalue weighted by Gasteiger charge is -2.40. The Morgan fingerprint density at radius 1 is 1.39 bits per heavy atom. The van der Waals surface area contributed by atoms with Gasteiger partial charge in [0.15, 0.2) is 0 Å². The molecule has 0 radical (unpaired) electrons. The van der Waals surface area contributed by atoms with Gasteiger partial charge in [-0.2, -0.15) is 0 Å². The summed E-state index contributed by atoms with van der Waals surface area (Å²) in [6.07, 6.45) is -0.0749. The van der Waals surface area contributed by atoms with Crippen LogP contribution in [0.4, 0.5) is 0 Å². The molecular weight excluding hydrogens is 292 g/mol. The zero-order valence-electron chi connectivity index (χ0n) is 13.7. The van der Waals surface area contributed by atoms with E-state index in [2.05, 4.69) is 22.8 Å². The van der Waals surface area contributed by atoms with Crippen LogP contribution in [0, 0.1) is 6.92 Å². The minimum Gasteiger partial charge on any atom is -0.388 e. The van der Waals surface area contributed by atoms with Crippen molar-refractivity contribution in [1.29, 1.82) is 0 Å². The number of benzene rings is 1. The smallest absolute Gasteiger partial charge is 0.224 e. The molecule has 0 spiro atoms. The SMILES string of the molecule is Cc1cc2ccccc2n1CCC(=O)N1CC[C@](C)(O)[C@@H](O)C1. The number of carbonyl (C=O) groups excluding carboxylic acids is 1. The zero-order chi connectivity index (χ0) is 16.6. The molecule has 1 fully saturated rings. The lowest BCUT2D eigenvalue weighted by atomic mass is 9.90. The fourth-order valence-electron chi connectivity index (χ4n) is 3.26. The molecule has 3 rings (SSSR count). The van der Waals surface area contributed by atoms with Gasteiger partial charge in [0, 0.05) is 37.3 Å². The highest BCUT2D eigenvalue weighted by Gasteiger charge is 2.37. The highest BCUT2D eigenvalue weighted by Crippen LogP contribution is 2.23. The lowest BCUT2D eigenvalue weighted by molar-refractivity contribution is -0.146. The van der Waals surface area contributed by atoms with Gasteiger partial charge in [0.1, 0.15) is 0 Å². The van der Waals surface area contributed by atoms with Gasteiger partial charge in [-0.15, -0.1) is 0 Å². The summed E-state index contributed by atoms with van der Waals surface area (Å²) in [6, 6.07) is 10.3. The third-order valence-electron chi connectivity index (χ3n) is 4.92. The number of likely N-dealkylation sites (tertiary alicyclic amines) is 1. The number of nitrogens with zero attached hydrogens (tertiary/aromatic N) is 2. The van der Waals surface area contributed by atoms with Crippen LogP contribution in [0.2, 0.25) is 0 Å². The molecule has 0 unspecified atom stereocenters. The Morgan fingerprint density at radius 2 is 2.13 bits per heavy atom. The molecule has 5 nitrogen and oxygen atoms in total. The summed E-state index contributed by atoms with van der Waals surface area (Å²) in [6.45, 7) is 4.99. The highest BCUT2D eigenvalue weighted by atomic mass is 16.3. The lowest BCUT2D eigenvalue weighted by Crippen LogP contribution is -2.55. The van der Waals surface area contributed by atoms with Crippen molar-refractivity contribution in [3.63, 3.8) is 0 Å². The van der Waals surface area contributed by atoms with Crippen LogP contribution in [0.5, 0.6) is 0 Å². The molecule has 1 aliphatic rings. The predicted molar refractivity (Wildman–Crippen MR) is 89.1 cm³/mol. The van der Waals surface area contributed by atoms with Gasteiger partial charge < -0.3 is 19.7 Å². The van der Waals surface area contributed by atoms with E-state index in [9.17, 15) is 15.0 Å². The Kier molecular flexibility index (Phi) is 4.17. The summed E-state index contributed by atoms with van der Waals surface area (Å²) in [5.41, 5.74) is 1.18. The second kappa shape index (κ2) is 5.98. The average molecular weight is 316 g/mol. The third-order valence-corrected chi connectivity index (χ3v) is 4.92. The van der Waals surface area contributed by atoms with Gasteiger partial charge in [-0.25, -0.2) is 0 Å². The first-order chi connectivity index (χ1) is 10.9. The minimum absolute atomic E-state index is 0.0248. The van der Waals surface area contributed by atoms with E-state index in [-0.39, 0.29) is 12.5 Å². The molecule has 2 N–H and O–H groups in total. The Labute approximate surface area is 136 Å². The minimum atomic E-state index is -1.09. The molecule has 2 atom stereocenters. The Hall–Kier alpha value is -1.85. The van der Waals surface area contributed by atoms with Gasteiger partial charge in [0.05, 0.1) is 11.7 Å². The monoisotopic (exact) mass is 316 g/mol. The highest BCUT2D eigenvalue weighted by molar-refractivity contribution is 5.82. The van der Waals surface area contributed by atoms with Crippen LogP contribution in [-0.2, 0) is 11.3 Å². The number of hydrogen-bond acceptors (Lipinski definition) is 3. The number of fused-ring (bicyclic) bond motifs is 1.